The zero-order valence-electron chi connectivity index (χ0n) is 11.8. The molecular weight excluding hydrogens is 258 g/mol. The molecule has 3 aliphatic rings. The molecule has 2 aromatic rings. The van der Waals surface area contributed by atoms with E-state index in [0.717, 1.165) is 25.3 Å². The van der Waals surface area contributed by atoms with Gasteiger partial charge in [-0.2, -0.15) is 9.97 Å². The Morgan fingerprint density at radius 2 is 1.85 bits per heavy atom. The smallest absolute Gasteiger partial charge is 0.247 e. The molecule has 1 unspecified atom stereocenters. The zero-order chi connectivity index (χ0) is 13.9. The van der Waals surface area contributed by atoms with Gasteiger partial charge in [-0.15, -0.1) is 0 Å². The Hall–Kier alpha value is -1.76. The van der Waals surface area contributed by atoms with Gasteiger partial charge in [-0.05, 0) is 39.5 Å². The van der Waals surface area contributed by atoms with E-state index in [9.17, 15) is 0 Å². The topological polar surface area (TPSA) is 81.1 Å². The molecule has 106 valence electrons. The van der Waals surface area contributed by atoms with Crippen molar-refractivity contribution in [1.82, 2.24) is 25.2 Å². The molecule has 5 rings (SSSR count). The average Bonchev–Trinajstić information content (AvgIpc) is 3.08. The molecular formula is C13H17N5O2. The molecule has 2 bridgehead atoms. The third-order valence-corrected chi connectivity index (χ3v) is 4.55. The number of hydrogen-bond acceptors (Lipinski definition) is 7. The van der Waals surface area contributed by atoms with Crippen molar-refractivity contribution in [1.29, 1.82) is 0 Å². The van der Waals surface area contributed by atoms with E-state index in [1.165, 1.54) is 0 Å². The van der Waals surface area contributed by atoms with Crippen LogP contribution in [0.3, 0.4) is 0 Å². The Balaban J connectivity index is 1.68. The van der Waals surface area contributed by atoms with E-state index in [0.29, 0.717) is 23.5 Å². The second-order valence-electron chi connectivity index (χ2n) is 5.96. The number of nitrogens with zero attached hydrogens (tertiary/aromatic N) is 5. The second kappa shape index (κ2) is 3.88. The van der Waals surface area contributed by atoms with E-state index in [1.807, 2.05) is 13.8 Å². The Bertz CT molecular complexity index is 643. The third kappa shape index (κ3) is 1.49. The van der Waals surface area contributed by atoms with Gasteiger partial charge in [0.05, 0.1) is 6.04 Å². The molecule has 1 atom stereocenters. The molecule has 3 fully saturated rings. The molecule has 2 aromatic heterocycles. The molecule has 20 heavy (non-hydrogen) atoms. The lowest BCUT2D eigenvalue weighted by molar-refractivity contribution is 0.0300. The Morgan fingerprint density at radius 1 is 1.15 bits per heavy atom. The van der Waals surface area contributed by atoms with E-state index in [4.69, 9.17) is 9.05 Å². The molecule has 0 aromatic carbocycles. The highest BCUT2D eigenvalue weighted by Gasteiger charge is 2.62. The number of fused-ring (bicyclic) bond motifs is 1. The van der Waals surface area contributed by atoms with Gasteiger partial charge in [-0.1, -0.05) is 10.3 Å². The fourth-order valence-corrected chi connectivity index (χ4v) is 3.64. The quantitative estimate of drug-likeness (QED) is 0.844. The van der Waals surface area contributed by atoms with Crippen LogP contribution < -0.4 is 0 Å². The number of aryl methyl sites for hydroxylation is 2. The zero-order valence-corrected chi connectivity index (χ0v) is 11.8. The molecule has 1 aliphatic carbocycles. The van der Waals surface area contributed by atoms with Crippen molar-refractivity contribution in [2.75, 3.05) is 6.54 Å². The lowest BCUT2D eigenvalue weighted by atomic mass is 9.73. The van der Waals surface area contributed by atoms with Crippen LogP contribution in [0.2, 0.25) is 0 Å². The second-order valence-corrected chi connectivity index (χ2v) is 5.96. The van der Waals surface area contributed by atoms with E-state index in [2.05, 4.69) is 32.1 Å². The summed E-state index contributed by atoms with van der Waals surface area (Å²) in [6.45, 7) is 6.80. The SMILES string of the molecule is Cc1noc(C(C)N2CC3CC2(c2nc(C)no2)C3)n1. The molecule has 2 aliphatic heterocycles. The monoisotopic (exact) mass is 275 g/mol. The maximum absolute atomic E-state index is 5.44. The molecule has 2 saturated heterocycles. The van der Waals surface area contributed by atoms with Crippen LogP contribution in [0, 0.1) is 19.8 Å². The van der Waals surface area contributed by atoms with Crippen LogP contribution in [-0.2, 0) is 5.54 Å². The standard InChI is InChI=1S/C13H17N5O2/c1-7(11-14-8(2)16-19-11)18-6-10-4-13(18,5-10)12-15-9(3)17-20-12/h7,10H,4-6H2,1-3H3. The van der Waals surface area contributed by atoms with Gasteiger partial charge >= 0.3 is 0 Å². The average molecular weight is 275 g/mol. The van der Waals surface area contributed by atoms with Crippen LogP contribution in [-0.4, -0.2) is 31.7 Å². The summed E-state index contributed by atoms with van der Waals surface area (Å²) in [7, 11) is 0. The molecule has 0 amide bonds. The minimum absolute atomic E-state index is 0.0657. The van der Waals surface area contributed by atoms with E-state index < -0.39 is 0 Å². The van der Waals surface area contributed by atoms with Gasteiger partial charge in [0.15, 0.2) is 11.6 Å². The van der Waals surface area contributed by atoms with E-state index >= 15 is 0 Å². The van der Waals surface area contributed by atoms with Gasteiger partial charge < -0.3 is 9.05 Å². The van der Waals surface area contributed by atoms with Crippen molar-refractivity contribution < 1.29 is 9.05 Å². The van der Waals surface area contributed by atoms with Crippen molar-refractivity contribution in [3.8, 4) is 0 Å². The summed E-state index contributed by atoms with van der Waals surface area (Å²) in [5.74, 6) is 3.44. The van der Waals surface area contributed by atoms with E-state index in [-0.39, 0.29) is 11.6 Å². The lowest BCUT2D eigenvalue weighted by Gasteiger charge is -2.40. The Labute approximate surface area is 116 Å². The molecule has 0 spiro atoms. The summed E-state index contributed by atoms with van der Waals surface area (Å²) >= 11 is 0. The van der Waals surface area contributed by atoms with Crippen molar-refractivity contribution in [3.05, 3.63) is 23.4 Å². The highest BCUT2D eigenvalue weighted by atomic mass is 16.5. The first-order valence-electron chi connectivity index (χ1n) is 6.96. The van der Waals surface area contributed by atoms with E-state index in [1.54, 1.807) is 0 Å². The number of rotatable bonds is 3. The van der Waals surface area contributed by atoms with Gasteiger partial charge in [0, 0.05) is 6.54 Å². The fraction of sp³-hybridized carbons (Fsp3) is 0.692. The maximum atomic E-state index is 5.44. The Kier molecular flexibility index (Phi) is 2.33. The maximum Gasteiger partial charge on any atom is 0.247 e. The number of hydrogen-bond donors (Lipinski definition) is 0. The summed E-state index contributed by atoms with van der Waals surface area (Å²) in [6, 6.07) is 0.0657. The highest BCUT2D eigenvalue weighted by molar-refractivity contribution is 5.19. The van der Waals surface area contributed by atoms with Gasteiger partial charge in [-0.25, -0.2) is 0 Å². The summed E-state index contributed by atoms with van der Waals surface area (Å²) in [5, 5.41) is 7.82. The van der Waals surface area contributed by atoms with Crippen LogP contribution in [0.1, 0.15) is 49.2 Å². The summed E-state index contributed by atoms with van der Waals surface area (Å²) in [6.07, 6.45) is 2.15. The van der Waals surface area contributed by atoms with Gasteiger partial charge in [0.1, 0.15) is 5.54 Å². The van der Waals surface area contributed by atoms with Crippen LogP contribution in [0.5, 0.6) is 0 Å². The lowest BCUT2D eigenvalue weighted by Crippen LogP contribution is -2.44. The summed E-state index contributed by atoms with van der Waals surface area (Å²) < 4.78 is 10.8. The first kappa shape index (κ1) is 12.0. The van der Waals surface area contributed by atoms with Gasteiger partial charge in [0.2, 0.25) is 11.8 Å². The van der Waals surface area contributed by atoms with Gasteiger partial charge in [0.25, 0.3) is 0 Å². The third-order valence-electron chi connectivity index (χ3n) is 4.55. The molecule has 4 heterocycles. The van der Waals surface area contributed by atoms with Gasteiger partial charge in [-0.3, -0.25) is 4.90 Å². The predicted molar refractivity (Wildman–Crippen MR) is 67.6 cm³/mol. The van der Waals surface area contributed by atoms with Crippen LogP contribution in [0.4, 0.5) is 0 Å². The largest absolute Gasteiger partial charge is 0.338 e. The normalized spacial score (nSPS) is 30.4. The van der Waals surface area contributed by atoms with Crippen LogP contribution in [0.25, 0.3) is 0 Å². The molecule has 0 N–H and O–H groups in total. The first-order valence-corrected chi connectivity index (χ1v) is 6.96. The fourth-order valence-electron chi connectivity index (χ4n) is 3.64. The van der Waals surface area contributed by atoms with Crippen molar-refractivity contribution in [3.63, 3.8) is 0 Å². The molecule has 0 radical (unpaired) electrons. The van der Waals surface area contributed by atoms with Crippen molar-refractivity contribution in [2.24, 2.45) is 5.92 Å². The summed E-state index contributed by atoms with van der Waals surface area (Å²) in [4.78, 5) is 11.2. The number of aromatic nitrogens is 4. The first-order chi connectivity index (χ1) is 9.58. The summed E-state index contributed by atoms with van der Waals surface area (Å²) in [5.41, 5.74) is -0.131. The minimum atomic E-state index is -0.131. The van der Waals surface area contributed by atoms with Crippen molar-refractivity contribution >= 4 is 0 Å². The molecule has 1 saturated carbocycles. The van der Waals surface area contributed by atoms with Crippen LogP contribution >= 0.6 is 0 Å². The van der Waals surface area contributed by atoms with Crippen LogP contribution in [0.15, 0.2) is 9.05 Å². The predicted octanol–water partition coefficient (Wildman–Crippen LogP) is 1.75. The molecule has 7 heteroatoms. The Morgan fingerprint density at radius 3 is 2.45 bits per heavy atom. The van der Waals surface area contributed by atoms with Crippen molar-refractivity contribution in [2.45, 2.75) is 45.2 Å². The minimum Gasteiger partial charge on any atom is -0.338 e. The highest BCUT2D eigenvalue weighted by Crippen LogP contribution is 2.58. The molecule has 7 nitrogen and oxygen atoms in total.